The Kier molecular flexibility index (Phi) is 2.45. The number of fused-ring (bicyclic) bond motifs is 1. The van der Waals surface area contributed by atoms with Gasteiger partial charge in [0.05, 0.1) is 15.2 Å². The Hall–Kier alpha value is -0.930. The summed E-state index contributed by atoms with van der Waals surface area (Å²) in [5, 5.41) is 10.5. The number of thiazole rings is 1. The Labute approximate surface area is 99.0 Å². The number of aliphatic hydroxyl groups is 1. The summed E-state index contributed by atoms with van der Waals surface area (Å²) < 4.78 is 1.26. The van der Waals surface area contributed by atoms with Crippen LogP contribution >= 0.6 is 11.3 Å². The summed E-state index contributed by atoms with van der Waals surface area (Å²) in [7, 11) is 0. The number of nitrogens with zero attached hydrogens (tertiary/aromatic N) is 1. The third-order valence-electron chi connectivity index (χ3n) is 3.20. The second kappa shape index (κ2) is 3.82. The molecule has 1 aliphatic rings. The first-order valence-corrected chi connectivity index (χ1v) is 6.61. The van der Waals surface area contributed by atoms with E-state index in [1.807, 2.05) is 18.3 Å². The zero-order valence-corrected chi connectivity index (χ0v) is 10.1. The van der Waals surface area contributed by atoms with Gasteiger partial charge in [-0.15, -0.1) is 11.3 Å². The van der Waals surface area contributed by atoms with E-state index >= 15 is 0 Å². The van der Waals surface area contributed by atoms with E-state index in [1.165, 1.54) is 28.1 Å². The second-order valence-electron chi connectivity index (χ2n) is 4.60. The average Bonchev–Trinajstić information content (AvgIpc) is 3.07. The predicted octanol–water partition coefficient (Wildman–Crippen LogP) is 3.27. The molecule has 16 heavy (non-hydrogen) atoms. The van der Waals surface area contributed by atoms with E-state index in [0.717, 1.165) is 11.4 Å². The van der Waals surface area contributed by atoms with Crippen molar-refractivity contribution in [3.63, 3.8) is 0 Å². The molecule has 2 nitrogen and oxygen atoms in total. The summed E-state index contributed by atoms with van der Waals surface area (Å²) >= 11 is 1.82. The molecule has 0 spiro atoms. The van der Waals surface area contributed by atoms with Crippen molar-refractivity contribution in [2.45, 2.75) is 31.6 Å². The van der Waals surface area contributed by atoms with Gasteiger partial charge in [0.2, 0.25) is 0 Å². The van der Waals surface area contributed by atoms with Gasteiger partial charge in [0.1, 0.15) is 0 Å². The third-order valence-corrected chi connectivity index (χ3v) is 4.38. The molecule has 2 aromatic rings. The molecule has 1 atom stereocenters. The molecule has 0 amide bonds. The van der Waals surface area contributed by atoms with Gasteiger partial charge in [0, 0.05) is 18.4 Å². The van der Waals surface area contributed by atoms with Crippen LogP contribution in [0.5, 0.6) is 0 Å². The van der Waals surface area contributed by atoms with E-state index in [0.29, 0.717) is 0 Å². The van der Waals surface area contributed by atoms with Gasteiger partial charge in [-0.3, -0.25) is 0 Å². The molecule has 0 radical (unpaired) electrons. The summed E-state index contributed by atoms with van der Waals surface area (Å²) in [6, 6.07) is 6.28. The lowest BCUT2D eigenvalue weighted by Crippen LogP contribution is -1.99. The normalized spacial score (nSPS) is 17.9. The zero-order valence-electron chi connectivity index (χ0n) is 9.31. The van der Waals surface area contributed by atoms with Crippen LogP contribution in [0.1, 0.15) is 42.2 Å². The maximum absolute atomic E-state index is 9.25. The van der Waals surface area contributed by atoms with Gasteiger partial charge in [-0.2, -0.15) is 0 Å². The minimum atomic E-state index is 0.179. The second-order valence-corrected chi connectivity index (χ2v) is 5.67. The quantitative estimate of drug-likeness (QED) is 0.882. The molecule has 0 aliphatic heterocycles. The van der Waals surface area contributed by atoms with Gasteiger partial charge in [-0.05, 0) is 24.5 Å². The van der Waals surface area contributed by atoms with Gasteiger partial charge in [-0.25, -0.2) is 4.98 Å². The third kappa shape index (κ3) is 1.64. The van der Waals surface area contributed by atoms with E-state index in [2.05, 4.69) is 18.2 Å². The largest absolute Gasteiger partial charge is 0.396 e. The number of aromatic nitrogens is 1. The Bertz CT molecular complexity index is 516. The Morgan fingerprint density at radius 2 is 2.31 bits per heavy atom. The molecular formula is C13H15NOS. The van der Waals surface area contributed by atoms with Gasteiger partial charge in [-0.1, -0.05) is 19.1 Å². The van der Waals surface area contributed by atoms with Crippen LogP contribution in [0.15, 0.2) is 18.2 Å². The van der Waals surface area contributed by atoms with Crippen molar-refractivity contribution in [3.05, 3.63) is 28.8 Å². The summed E-state index contributed by atoms with van der Waals surface area (Å²) in [6.07, 6.45) is 2.59. The first-order valence-electron chi connectivity index (χ1n) is 5.80. The van der Waals surface area contributed by atoms with E-state index < -0.39 is 0 Å². The Morgan fingerprint density at radius 1 is 1.50 bits per heavy atom. The molecule has 3 heteroatoms. The molecule has 1 aliphatic carbocycles. The first kappa shape index (κ1) is 10.2. The van der Waals surface area contributed by atoms with Gasteiger partial charge in [0.15, 0.2) is 0 Å². The van der Waals surface area contributed by atoms with E-state index in [9.17, 15) is 5.11 Å². The average molecular weight is 233 g/mol. The summed E-state index contributed by atoms with van der Waals surface area (Å²) in [4.78, 5) is 4.75. The van der Waals surface area contributed by atoms with Crippen molar-refractivity contribution in [2.75, 3.05) is 6.61 Å². The van der Waals surface area contributed by atoms with Crippen LogP contribution in [-0.4, -0.2) is 16.7 Å². The predicted molar refractivity (Wildman–Crippen MR) is 67.1 cm³/mol. The topological polar surface area (TPSA) is 33.1 Å². The number of hydrogen-bond acceptors (Lipinski definition) is 3. The lowest BCUT2D eigenvalue weighted by molar-refractivity contribution is 0.273. The first-order chi connectivity index (χ1) is 7.79. The minimum absolute atomic E-state index is 0.179. The minimum Gasteiger partial charge on any atom is -0.396 e. The SMILES string of the molecule is CC(CO)c1cccc2sc(C3CC3)nc12. The maximum atomic E-state index is 9.25. The molecule has 1 saturated carbocycles. The van der Waals surface area contributed by atoms with Crippen molar-refractivity contribution in [3.8, 4) is 0 Å². The molecule has 1 N–H and O–H groups in total. The number of benzene rings is 1. The molecule has 84 valence electrons. The Balaban J connectivity index is 2.13. The molecule has 1 fully saturated rings. The summed E-state index contributed by atoms with van der Waals surface area (Å²) in [6.45, 7) is 2.24. The van der Waals surface area contributed by atoms with Crippen molar-refractivity contribution in [2.24, 2.45) is 0 Å². The lowest BCUT2D eigenvalue weighted by Gasteiger charge is -2.08. The highest BCUT2D eigenvalue weighted by Crippen LogP contribution is 2.44. The molecule has 1 aromatic heterocycles. The van der Waals surface area contributed by atoms with Crippen molar-refractivity contribution in [1.82, 2.24) is 4.98 Å². The molecule has 1 aromatic carbocycles. The maximum Gasteiger partial charge on any atom is 0.0969 e. The fourth-order valence-corrected chi connectivity index (χ4v) is 3.16. The lowest BCUT2D eigenvalue weighted by atomic mass is 10.0. The molecule has 1 heterocycles. The highest BCUT2D eigenvalue weighted by molar-refractivity contribution is 7.18. The van der Waals surface area contributed by atoms with Crippen LogP contribution in [0, 0.1) is 0 Å². The highest BCUT2D eigenvalue weighted by Gasteiger charge is 2.27. The van der Waals surface area contributed by atoms with Crippen molar-refractivity contribution >= 4 is 21.6 Å². The zero-order chi connectivity index (χ0) is 11.1. The number of hydrogen-bond donors (Lipinski definition) is 1. The van der Waals surface area contributed by atoms with Crippen molar-refractivity contribution in [1.29, 1.82) is 0 Å². The molecule has 0 bridgehead atoms. The van der Waals surface area contributed by atoms with Crippen molar-refractivity contribution < 1.29 is 5.11 Å². The number of para-hydroxylation sites is 1. The number of aliphatic hydroxyl groups excluding tert-OH is 1. The summed E-state index contributed by atoms with van der Waals surface area (Å²) in [5.74, 6) is 0.896. The van der Waals surface area contributed by atoms with Crippen LogP contribution in [-0.2, 0) is 0 Å². The highest BCUT2D eigenvalue weighted by atomic mass is 32.1. The monoisotopic (exact) mass is 233 g/mol. The van der Waals surface area contributed by atoms with Crippen LogP contribution in [0.2, 0.25) is 0 Å². The van der Waals surface area contributed by atoms with Gasteiger partial charge in [0.25, 0.3) is 0 Å². The molecule has 0 saturated heterocycles. The van der Waals surface area contributed by atoms with E-state index in [-0.39, 0.29) is 12.5 Å². The van der Waals surface area contributed by atoms with E-state index in [1.54, 1.807) is 0 Å². The Morgan fingerprint density at radius 3 is 3.00 bits per heavy atom. The number of rotatable bonds is 3. The van der Waals surface area contributed by atoms with Crippen LogP contribution < -0.4 is 0 Å². The van der Waals surface area contributed by atoms with E-state index in [4.69, 9.17) is 4.98 Å². The van der Waals surface area contributed by atoms with Gasteiger partial charge >= 0.3 is 0 Å². The van der Waals surface area contributed by atoms with Gasteiger partial charge < -0.3 is 5.11 Å². The fraction of sp³-hybridized carbons (Fsp3) is 0.462. The summed E-state index contributed by atoms with van der Waals surface area (Å²) in [5.41, 5.74) is 2.29. The smallest absolute Gasteiger partial charge is 0.0969 e. The molecule has 3 rings (SSSR count). The standard InChI is InChI=1S/C13H15NOS/c1-8(7-15)10-3-2-4-11-12(10)14-13(16-11)9-5-6-9/h2-4,8-9,15H,5-7H2,1H3. The van der Waals surface area contributed by atoms with Crippen LogP contribution in [0.4, 0.5) is 0 Å². The fourth-order valence-electron chi connectivity index (χ4n) is 1.99. The van der Waals surface area contributed by atoms with Crippen LogP contribution in [0.3, 0.4) is 0 Å². The van der Waals surface area contributed by atoms with Crippen LogP contribution in [0.25, 0.3) is 10.2 Å². The molecule has 1 unspecified atom stereocenters. The molecular weight excluding hydrogens is 218 g/mol.